The molecule has 0 radical (unpaired) electrons. The fraction of sp³-hybridized carbons (Fsp3) is 0.909. The van der Waals surface area contributed by atoms with Crippen molar-refractivity contribution in [3.8, 4) is 0 Å². The summed E-state index contributed by atoms with van der Waals surface area (Å²) in [5.74, 6) is -0.392. The summed E-state index contributed by atoms with van der Waals surface area (Å²) >= 11 is 0. The van der Waals surface area contributed by atoms with Crippen LogP contribution in [0, 0.1) is 0 Å². The van der Waals surface area contributed by atoms with E-state index in [1.165, 1.54) is 0 Å². The average Bonchev–Trinajstić information content (AvgIpc) is 3.10. The molecule has 104 valence electrons. The maximum Gasteiger partial charge on any atom is 0.406 e. The van der Waals surface area contributed by atoms with Crippen molar-refractivity contribution in [3.63, 3.8) is 0 Å². The average molecular weight is 265 g/mol. The molecule has 1 aliphatic carbocycles. The predicted molar refractivity (Wildman–Crippen MR) is 60.1 cm³/mol. The topological polar surface area (TPSA) is 35.6 Å². The first-order valence-electron chi connectivity index (χ1n) is 6.25. The first-order valence-corrected chi connectivity index (χ1v) is 6.25. The molecule has 0 aromatic carbocycles. The molecule has 7 heteroatoms. The fourth-order valence-corrected chi connectivity index (χ4v) is 2.15. The Hall–Kier alpha value is -0.820. The van der Waals surface area contributed by atoms with Gasteiger partial charge in [0.2, 0.25) is 5.91 Å². The molecule has 0 spiro atoms. The number of rotatable bonds is 4. The van der Waals surface area contributed by atoms with Crippen LogP contribution in [0.1, 0.15) is 12.8 Å². The van der Waals surface area contributed by atoms with Crippen molar-refractivity contribution in [2.24, 2.45) is 0 Å². The van der Waals surface area contributed by atoms with E-state index >= 15 is 0 Å². The van der Waals surface area contributed by atoms with E-state index in [-0.39, 0.29) is 12.6 Å². The number of amides is 1. The lowest BCUT2D eigenvalue weighted by Gasteiger charge is -2.30. The molecule has 0 atom stereocenters. The smallest absolute Gasteiger partial charge is 0.329 e. The van der Waals surface area contributed by atoms with Gasteiger partial charge in [-0.15, -0.1) is 0 Å². The SMILES string of the molecule is O=C(CN1CCNCC1)N(CC(F)(F)F)C1CC1. The van der Waals surface area contributed by atoms with Gasteiger partial charge in [0.05, 0.1) is 6.54 Å². The fourth-order valence-electron chi connectivity index (χ4n) is 2.15. The zero-order valence-corrected chi connectivity index (χ0v) is 10.2. The summed E-state index contributed by atoms with van der Waals surface area (Å²) in [6.45, 7) is 2.01. The summed E-state index contributed by atoms with van der Waals surface area (Å²) in [6, 6.07) is -0.193. The Morgan fingerprint density at radius 2 is 1.89 bits per heavy atom. The first-order chi connectivity index (χ1) is 8.46. The van der Waals surface area contributed by atoms with Crippen LogP contribution in [-0.4, -0.2) is 67.2 Å². The van der Waals surface area contributed by atoms with Gasteiger partial charge in [0.25, 0.3) is 0 Å². The minimum absolute atomic E-state index is 0.105. The summed E-state index contributed by atoms with van der Waals surface area (Å²) in [5, 5.41) is 3.14. The number of hydrogen-bond donors (Lipinski definition) is 1. The minimum Gasteiger partial charge on any atom is -0.329 e. The van der Waals surface area contributed by atoms with Crippen LogP contribution in [0.15, 0.2) is 0 Å². The molecule has 1 amide bonds. The highest BCUT2D eigenvalue weighted by Crippen LogP contribution is 2.30. The van der Waals surface area contributed by atoms with Crippen LogP contribution in [0.4, 0.5) is 13.2 Å². The zero-order chi connectivity index (χ0) is 13.2. The van der Waals surface area contributed by atoms with Crippen molar-refractivity contribution < 1.29 is 18.0 Å². The summed E-state index contributed by atoms with van der Waals surface area (Å²) in [7, 11) is 0. The second kappa shape index (κ2) is 5.44. The third-order valence-electron chi connectivity index (χ3n) is 3.23. The maximum atomic E-state index is 12.4. The van der Waals surface area contributed by atoms with Gasteiger partial charge in [-0.2, -0.15) is 13.2 Å². The number of piperazine rings is 1. The molecule has 0 aromatic heterocycles. The van der Waals surface area contributed by atoms with E-state index in [4.69, 9.17) is 0 Å². The predicted octanol–water partition coefficient (Wildman–Crippen LogP) is 0.445. The molecule has 1 aliphatic heterocycles. The van der Waals surface area contributed by atoms with Gasteiger partial charge < -0.3 is 10.2 Å². The number of nitrogens with one attached hydrogen (secondary N) is 1. The molecular weight excluding hydrogens is 247 g/mol. The molecule has 2 rings (SSSR count). The lowest BCUT2D eigenvalue weighted by atomic mass is 10.3. The molecule has 0 bridgehead atoms. The number of alkyl halides is 3. The third kappa shape index (κ3) is 4.13. The van der Waals surface area contributed by atoms with E-state index in [0.29, 0.717) is 12.8 Å². The Morgan fingerprint density at radius 3 is 2.39 bits per heavy atom. The number of carbonyl (C=O) groups is 1. The van der Waals surface area contributed by atoms with E-state index in [9.17, 15) is 18.0 Å². The molecule has 0 unspecified atom stereocenters. The molecular formula is C11H18F3N3O. The van der Waals surface area contributed by atoms with E-state index in [2.05, 4.69) is 5.32 Å². The zero-order valence-electron chi connectivity index (χ0n) is 10.2. The number of nitrogens with zero attached hydrogens (tertiary/aromatic N) is 2. The highest BCUT2D eigenvalue weighted by atomic mass is 19.4. The number of halogens is 3. The normalized spacial score (nSPS) is 21.9. The standard InChI is InChI=1S/C11H18F3N3O/c12-11(13,14)8-17(9-1-2-9)10(18)7-16-5-3-15-4-6-16/h9,15H,1-8H2. The molecule has 1 heterocycles. The van der Waals surface area contributed by atoms with Gasteiger partial charge in [0, 0.05) is 32.2 Å². The Labute approximate surface area is 104 Å². The van der Waals surface area contributed by atoms with Crippen molar-refractivity contribution in [3.05, 3.63) is 0 Å². The maximum absolute atomic E-state index is 12.4. The van der Waals surface area contributed by atoms with Crippen molar-refractivity contribution >= 4 is 5.91 Å². The van der Waals surface area contributed by atoms with Gasteiger partial charge in [0.1, 0.15) is 6.54 Å². The van der Waals surface area contributed by atoms with E-state index < -0.39 is 18.6 Å². The van der Waals surface area contributed by atoms with Gasteiger partial charge >= 0.3 is 6.18 Å². The summed E-state index contributed by atoms with van der Waals surface area (Å²) in [5.41, 5.74) is 0. The summed E-state index contributed by atoms with van der Waals surface area (Å²) in [4.78, 5) is 14.8. The highest BCUT2D eigenvalue weighted by molar-refractivity contribution is 5.79. The van der Waals surface area contributed by atoms with Crippen molar-refractivity contribution in [2.75, 3.05) is 39.3 Å². The molecule has 1 saturated carbocycles. The Kier molecular flexibility index (Phi) is 4.11. The van der Waals surface area contributed by atoms with E-state index in [1.807, 2.05) is 4.90 Å². The Bertz CT molecular complexity index is 298. The quantitative estimate of drug-likeness (QED) is 0.801. The second-order valence-electron chi connectivity index (χ2n) is 4.89. The summed E-state index contributed by atoms with van der Waals surface area (Å²) < 4.78 is 37.2. The Morgan fingerprint density at radius 1 is 1.28 bits per heavy atom. The van der Waals surface area contributed by atoms with Crippen LogP contribution in [-0.2, 0) is 4.79 Å². The van der Waals surface area contributed by atoms with Gasteiger partial charge in [-0.25, -0.2) is 0 Å². The van der Waals surface area contributed by atoms with Crippen LogP contribution < -0.4 is 5.32 Å². The van der Waals surface area contributed by atoms with Crippen LogP contribution in [0.5, 0.6) is 0 Å². The molecule has 1 N–H and O–H groups in total. The van der Waals surface area contributed by atoms with Crippen molar-refractivity contribution in [1.29, 1.82) is 0 Å². The number of hydrogen-bond acceptors (Lipinski definition) is 3. The second-order valence-corrected chi connectivity index (χ2v) is 4.89. The van der Waals surface area contributed by atoms with Crippen molar-refractivity contribution in [2.45, 2.75) is 25.1 Å². The molecule has 4 nitrogen and oxygen atoms in total. The van der Waals surface area contributed by atoms with Crippen LogP contribution >= 0.6 is 0 Å². The molecule has 1 saturated heterocycles. The van der Waals surface area contributed by atoms with Crippen LogP contribution in [0.3, 0.4) is 0 Å². The Balaban J connectivity index is 1.87. The molecule has 2 aliphatic rings. The van der Waals surface area contributed by atoms with Gasteiger partial charge in [-0.05, 0) is 12.8 Å². The van der Waals surface area contributed by atoms with Gasteiger partial charge in [-0.1, -0.05) is 0 Å². The largest absolute Gasteiger partial charge is 0.406 e. The lowest BCUT2D eigenvalue weighted by Crippen LogP contribution is -2.50. The number of carbonyl (C=O) groups excluding carboxylic acids is 1. The third-order valence-corrected chi connectivity index (χ3v) is 3.23. The van der Waals surface area contributed by atoms with Gasteiger partial charge in [-0.3, -0.25) is 9.69 Å². The van der Waals surface area contributed by atoms with Gasteiger partial charge in [0.15, 0.2) is 0 Å². The van der Waals surface area contributed by atoms with Crippen molar-refractivity contribution in [1.82, 2.24) is 15.1 Å². The lowest BCUT2D eigenvalue weighted by molar-refractivity contribution is -0.163. The summed E-state index contributed by atoms with van der Waals surface area (Å²) in [6.07, 6.45) is -2.91. The molecule has 0 aromatic rings. The molecule has 18 heavy (non-hydrogen) atoms. The minimum atomic E-state index is -4.30. The van der Waals surface area contributed by atoms with E-state index in [1.54, 1.807) is 0 Å². The van der Waals surface area contributed by atoms with Crippen LogP contribution in [0.2, 0.25) is 0 Å². The first kappa shape index (κ1) is 13.6. The van der Waals surface area contributed by atoms with Crippen LogP contribution in [0.25, 0.3) is 0 Å². The monoisotopic (exact) mass is 265 g/mol. The molecule has 2 fully saturated rings. The highest BCUT2D eigenvalue weighted by Gasteiger charge is 2.40. The van der Waals surface area contributed by atoms with E-state index in [0.717, 1.165) is 31.1 Å².